The first-order valence-electron chi connectivity index (χ1n) is 9.57. The first-order chi connectivity index (χ1) is 14.9. The summed E-state index contributed by atoms with van der Waals surface area (Å²) >= 11 is 0. The average Bonchev–Trinajstić information content (AvgIpc) is 3.35. The Kier molecular flexibility index (Phi) is 16.2. The number of hydrogen-bond acceptors (Lipinski definition) is 8. The van der Waals surface area contributed by atoms with Gasteiger partial charge < -0.3 is 18.9 Å². The maximum atomic E-state index is 12.1. The van der Waals surface area contributed by atoms with Crippen LogP contribution in [0.1, 0.15) is 6.42 Å². The second-order valence-corrected chi connectivity index (χ2v) is 6.54. The van der Waals surface area contributed by atoms with E-state index in [-0.39, 0.29) is 25.9 Å². The molecule has 0 bridgehead atoms. The summed E-state index contributed by atoms with van der Waals surface area (Å²) in [5.74, 6) is -6.80. The zero-order valence-corrected chi connectivity index (χ0v) is 20.1. The fourth-order valence-electron chi connectivity index (χ4n) is 3.16. The minimum absolute atomic E-state index is 0. The number of carbonyl (C=O) groups is 4. The van der Waals surface area contributed by atoms with E-state index in [0.717, 1.165) is 0 Å². The number of rotatable bonds is 6. The second-order valence-electron chi connectivity index (χ2n) is 6.54. The molecule has 32 heavy (non-hydrogen) atoms. The summed E-state index contributed by atoms with van der Waals surface area (Å²) in [6.45, 7) is 0. The van der Waals surface area contributed by atoms with Crippen molar-refractivity contribution in [3.05, 3.63) is 64.2 Å². The zero-order valence-electron chi connectivity index (χ0n) is 18.4. The molecule has 0 N–H and O–H groups in total. The minimum atomic E-state index is -1.22. The van der Waals surface area contributed by atoms with Crippen LogP contribution in [0.2, 0.25) is 0 Å². The maximum absolute atomic E-state index is 12.1. The molecule has 2 atom stereocenters. The monoisotopic (exact) mass is 534 g/mol. The smallest absolute Gasteiger partial charge is 0.468 e. The third-order valence-electron chi connectivity index (χ3n) is 4.72. The van der Waals surface area contributed by atoms with Gasteiger partial charge in [0.05, 0.1) is 28.4 Å². The maximum Gasteiger partial charge on any atom is 2.00 e. The summed E-state index contributed by atoms with van der Waals surface area (Å²) in [6, 6.07) is 0. The predicted octanol–water partition coefficient (Wildman–Crippen LogP) is 1.59. The van der Waals surface area contributed by atoms with E-state index in [2.05, 4.69) is 0 Å². The molecule has 9 heteroatoms. The normalized spacial score (nSPS) is 20.6. The molecule has 8 nitrogen and oxygen atoms in total. The first kappa shape index (κ1) is 30.5. The van der Waals surface area contributed by atoms with Gasteiger partial charge in [-0.2, -0.15) is 0 Å². The van der Waals surface area contributed by atoms with Crippen LogP contribution >= 0.6 is 0 Å². The Balaban J connectivity index is 0.00000140. The van der Waals surface area contributed by atoms with E-state index in [4.69, 9.17) is 18.9 Å². The topological polar surface area (TPSA) is 105 Å². The first-order valence-corrected chi connectivity index (χ1v) is 9.57. The van der Waals surface area contributed by atoms with Gasteiger partial charge >= 0.3 is 43.4 Å². The fourth-order valence-corrected chi connectivity index (χ4v) is 3.16. The standard InChI is InChI=1S/C18H23O8.C5H5.Ru/c1-23-15(19)13(16(20)24-2)11-8-6-5-7-9-12(10-11)14(17(21)25-3)18(22)26-4;1-2-4-5-3-1;/h5-9,11-14H,10H2,1-4H3;1-5H;/q;;+2/t11-,12+;;. The fraction of sp³-hybridized carbons (Fsp3) is 0.391. The Morgan fingerprint density at radius 1 is 0.562 bits per heavy atom. The molecule has 0 spiro atoms. The molecule has 2 aliphatic carbocycles. The quantitative estimate of drug-likeness (QED) is 0.219. The molecule has 2 rings (SSSR count). The van der Waals surface area contributed by atoms with Crippen molar-refractivity contribution in [2.75, 3.05) is 28.4 Å². The van der Waals surface area contributed by atoms with Crippen molar-refractivity contribution < 1.29 is 57.6 Å². The van der Waals surface area contributed by atoms with Crippen molar-refractivity contribution >= 4 is 23.9 Å². The van der Waals surface area contributed by atoms with E-state index in [1.807, 2.05) is 32.1 Å². The van der Waals surface area contributed by atoms with Crippen LogP contribution in [0, 0.1) is 87.9 Å². The molecule has 10 radical (unpaired) electrons. The number of esters is 4. The average molecular weight is 534 g/mol. The molecule has 0 aromatic rings. The van der Waals surface area contributed by atoms with E-state index in [0.29, 0.717) is 0 Å². The minimum Gasteiger partial charge on any atom is -0.468 e. The summed E-state index contributed by atoms with van der Waals surface area (Å²) in [7, 11) is 4.67. The number of ether oxygens (including phenoxy) is 4. The van der Waals surface area contributed by atoms with E-state index in [9.17, 15) is 19.2 Å². The summed E-state index contributed by atoms with van der Waals surface area (Å²) in [5, 5.41) is 0. The molecule has 2 fully saturated rings. The SMILES string of the molecule is COC(=O)C(C(=O)OC)[C@@H]1[CH][CH][CH][CH][CH][C@H](C(C(=O)OC)C(=O)OC)C1.[CH]1[CH][CH][CH][CH]1.[Ru+2]. The van der Waals surface area contributed by atoms with Crippen molar-refractivity contribution in [2.45, 2.75) is 6.42 Å². The van der Waals surface area contributed by atoms with Gasteiger partial charge in [-0.25, -0.2) is 0 Å². The molecular formula is C23H28O8Ru+2. The number of hydrogen-bond donors (Lipinski definition) is 0. The Hall–Kier alpha value is -1.50. The van der Waals surface area contributed by atoms with Crippen LogP contribution in [-0.2, 0) is 57.6 Å². The van der Waals surface area contributed by atoms with Crippen molar-refractivity contribution in [3.63, 3.8) is 0 Å². The van der Waals surface area contributed by atoms with E-state index < -0.39 is 47.5 Å². The summed E-state index contributed by atoms with van der Waals surface area (Å²) in [4.78, 5) is 48.4. The van der Waals surface area contributed by atoms with Crippen LogP contribution in [0.4, 0.5) is 0 Å². The molecule has 174 valence electrons. The van der Waals surface area contributed by atoms with Gasteiger partial charge in [-0.1, -0.05) is 0 Å². The summed E-state index contributed by atoms with van der Waals surface area (Å²) in [5.41, 5.74) is 0. The van der Waals surface area contributed by atoms with Gasteiger partial charge in [-0.3, -0.25) is 19.2 Å². The van der Waals surface area contributed by atoms with Crippen molar-refractivity contribution in [1.82, 2.24) is 0 Å². The van der Waals surface area contributed by atoms with Crippen LogP contribution in [0.5, 0.6) is 0 Å². The van der Waals surface area contributed by atoms with Crippen molar-refractivity contribution in [1.29, 1.82) is 0 Å². The molecule has 0 heterocycles. The summed E-state index contributed by atoms with van der Waals surface area (Å²) < 4.78 is 18.8. The van der Waals surface area contributed by atoms with Crippen molar-refractivity contribution in [3.8, 4) is 0 Å². The Morgan fingerprint density at radius 2 is 0.812 bits per heavy atom. The zero-order chi connectivity index (χ0) is 23.2. The second kappa shape index (κ2) is 17.0. The van der Waals surface area contributed by atoms with Gasteiger partial charge in [0.15, 0.2) is 11.8 Å². The molecule has 2 aliphatic rings. The van der Waals surface area contributed by atoms with Gasteiger partial charge in [0, 0.05) is 0 Å². The molecule has 0 saturated heterocycles. The molecular weight excluding hydrogens is 505 g/mol. The van der Waals surface area contributed by atoms with Gasteiger partial charge in [0.25, 0.3) is 0 Å². The number of carbonyl (C=O) groups excluding carboxylic acids is 4. The van der Waals surface area contributed by atoms with Crippen LogP contribution in [-0.4, -0.2) is 52.3 Å². The Labute approximate surface area is 204 Å². The molecule has 2 saturated carbocycles. The van der Waals surface area contributed by atoms with Crippen LogP contribution in [0.3, 0.4) is 0 Å². The predicted molar refractivity (Wildman–Crippen MR) is 110 cm³/mol. The van der Waals surface area contributed by atoms with Crippen LogP contribution in [0.25, 0.3) is 0 Å². The van der Waals surface area contributed by atoms with E-state index in [1.54, 1.807) is 32.1 Å². The van der Waals surface area contributed by atoms with Gasteiger partial charge in [0.2, 0.25) is 0 Å². The van der Waals surface area contributed by atoms with Crippen LogP contribution in [0.15, 0.2) is 0 Å². The van der Waals surface area contributed by atoms with E-state index in [1.165, 1.54) is 28.4 Å². The molecule has 0 aromatic heterocycles. The third-order valence-corrected chi connectivity index (χ3v) is 4.72. The van der Waals surface area contributed by atoms with Gasteiger partial charge in [0.1, 0.15) is 0 Å². The van der Waals surface area contributed by atoms with Crippen molar-refractivity contribution in [2.24, 2.45) is 23.7 Å². The Morgan fingerprint density at radius 3 is 1.06 bits per heavy atom. The van der Waals surface area contributed by atoms with E-state index >= 15 is 0 Å². The largest absolute Gasteiger partial charge is 2.00 e. The molecule has 0 aliphatic heterocycles. The third kappa shape index (κ3) is 9.55. The molecule has 0 aromatic carbocycles. The van der Waals surface area contributed by atoms with Crippen LogP contribution < -0.4 is 0 Å². The Bertz CT molecular complexity index is 507. The molecule has 0 unspecified atom stereocenters. The molecule has 0 amide bonds. The number of methoxy groups -OCH3 is 4. The van der Waals surface area contributed by atoms with Gasteiger partial charge in [-0.05, 0) is 82.5 Å². The summed E-state index contributed by atoms with van der Waals surface area (Å²) in [6.07, 6.45) is 18.4. The van der Waals surface area contributed by atoms with Gasteiger partial charge in [-0.15, -0.1) is 0 Å².